The fourth-order valence-corrected chi connectivity index (χ4v) is 6.34. The monoisotopic (exact) mass is 470 g/mol. The number of nitrogens with zero attached hydrogens (tertiary/aromatic N) is 4. The van der Waals surface area contributed by atoms with E-state index in [-0.39, 0.29) is 23.6 Å². The Morgan fingerprint density at radius 3 is 2.77 bits per heavy atom. The Morgan fingerprint density at radius 2 is 2.10 bits per heavy atom. The van der Waals surface area contributed by atoms with E-state index < -0.39 is 0 Å². The lowest BCUT2D eigenvalue weighted by molar-refractivity contribution is 0.0673. The highest BCUT2D eigenvalue weighted by molar-refractivity contribution is 7.11. The molecule has 1 aliphatic carbocycles. The number of carbonyl (C=O) groups excluding carboxylic acids is 1. The van der Waals surface area contributed by atoms with Crippen molar-refractivity contribution in [1.29, 1.82) is 0 Å². The van der Waals surface area contributed by atoms with Crippen LogP contribution in [0.1, 0.15) is 53.0 Å². The van der Waals surface area contributed by atoms with E-state index in [2.05, 4.69) is 47.1 Å². The molecule has 0 bridgehead atoms. The second kappa shape index (κ2) is 8.37. The lowest BCUT2D eigenvalue weighted by atomic mass is 9.74. The van der Waals surface area contributed by atoms with Gasteiger partial charge in [-0.3, -0.25) is 9.48 Å². The lowest BCUT2D eigenvalue weighted by Crippen LogP contribution is -2.33. The number of aromatic nitrogens is 2. The molecule has 3 unspecified atom stereocenters. The molecule has 3 aromatic heterocycles. The van der Waals surface area contributed by atoms with Crippen LogP contribution in [0.3, 0.4) is 0 Å². The van der Waals surface area contributed by atoms with Crippen molar-refractivity contribution < 1.29 is 4.79 Å². The maximum Gasteiger partial charge on any atom is 0.296 e. The van der Waals surface area contributed by atoms with Gasteiger partial charge in [-0.25, -0.2) is 5.01 Å². The molecule has 0 radical (unpaired) electrons. The fourth-order valence-electron chi connectivity index (χ4n) is 4.55. The number of amides is 1. The van der Waals surface area contributed by atoms with Crippen LogP contribution in [0.15, 0.2) is 51.9 Å². The first-order valence-corrected chi connectivity index (χ1v) is 12.6. The summed E-state index contributed by atoms with van der Waals surface area (Å²) >= 11 is 9.77. The number of allylic oxidation sites excluding steroid dienone is 1. The van der Waals surface area contributed by atoms with Crippen LogP contribution in [0.25, 0.3) is 6.08 Å². The molecule has 5 nitrogen and oxygen atoms in total. The molecule has 3 atom stereocenters. The van der Waals surface area contributed by atoms with Crippen molar-refractivity contribution in [3.63, 3.8) is 0 Å². The topological polar surface area (TPSA) is 50.5 Å². The molecule has 1 saturated carbocycles. The molecule has 1 fully saturated rings. The SMILES string of the molecule is CCn1cc(Cl)c(C(=O)N2N=C3/C(=C\c4cccs4)CC(C)CC3C2c2cccs2)n1. The number of halogens is 1. The first kappa shape index (κ1) is 20.7. The molecule has 8 heteroatoms. The highest BCUT2D eigenvalue weighted by atomic mass is 35.5. The molecule has 2 aliphatic rings. The second-order valence-corrected chi connectivity index (χ2v) is 10.5. The Labute approximate surface area is 194 Å². The van der Waals surface area contributed by atoms with Gasteiger partial charge in [-0.1, -0.05) is 30.7 Å². The Balaban J connectivity index is 1.59. The summed E-state index contributed by atoms with van der Waals surface area (Å²) in [7, 11) is 0. The standard InChI is InChI=1S/C23H23ClN4OS2/c1-3-27-13-18(24)21(25-27)23(29)28-22(19-7-5-9-31-19)17-11-14(2)10-15(20(17)26-28)12-16-6-4-8-30-16/h4-9,12-14,17,22H,3,10-11H2,1-2H3/b15-12-. The molecule has 0 N–H and O–H groups in total. The molecule has 1 aliphatic heterocycles. The smallest absolute Gasteiger partial charge is 0.271 e. The van der Waals surface area contributed by atoms with Crippen molar-refractivity contribution in [2.75, 3.05) is 0 Å². The third-order valence-electron chi connectivity index (χ3n) is 5.91. The maximum absolute atomic E-state index is 13.6. The van der Waals surface area contributed by atoms with E-state index in [0.717, 1.165) is 23.4 Å². The van der Waals surface area contributed by atoms with Crippen LogP contribution in [-0.2, 0) is 6.54 Å². The van der Waals surface area contributed by atoms with Crippen LogP contribution >= 0.6 is 34.3 Å². The van der Waals surface area contributed by atoms with Gasteiger partial charge in [0.05, 0.1) is 16.8 Å². The van der Waals surface area contributed by atoms with Gasteiger partial charge in [-0.15, -0.1) is 22.7 Å². The molecule has 4 heterocycles. The fraction of sp³-hybridized carbons (Fsp3) is 0.348. The van der Waals surface area contributed by atoms with Crippen LogP contribution in [0.5, 0.6) is 0 Å². The summed E-state index contributed by atoms with van der Waals surface area (Å²) in [6.07, 6.45) is 5.92. The third kappa shape index (κ3) is 3.79. The van der Waals surface area contributed by atoms with E-state index in [4.69, 9.17) is 16.7 Å². The lowest BCUT2D eigenvalue weighted by Gasteiger charge is -2.31. The van der Waals surface area contributed by atoms with Crippen molar-refractivity contribution in [1.82, 2.24) is 14.8 Å². The Hall–Kier alpha value is -2.22. The molecule has 1 amide bonds. The number of hydrogen-bond donors (Lipinski definition) is 0. The number of rotatable bonds is 4. The highest BCUT2D eigenvalue weighted by Gasteiger charge is 2.46. The van der Waals surface area contributed by atoms with Gasteiger partial charge in [0.25, 0.3) is 5.91 Å². The first-order valence-electron chi connectivity index (χ1n) is 10.5. The minimum atomic E-state index is -0.236. The van der Waals surface area contributed by atoms with Crippen molar-refractivity contribution in [2.24, 2.45) is 16.9 Å². The normalized spacial score (nSPS) is 24.5. The number of aryl methyl sites for hydroxylation is 1. The first-order chi connectivity index (χ1) is 15.0. The number of thiophene rings is 2. The average Bonchev–Trinajstić information content (AvgIpc) is 3.53. The summed E-state index contributed by atoms with van der Waals surface area (Å²) in [5.41, 5.74) is 2.53. The molecule has 3 aromatic rings. The molecule has 160 valence electrons. The largest absolute Gasteiger partial charge is 0.296 e. The predicted octanol–water partition coefficient (Wildman–Crippen LogP) is 6.36. The van der Waals surface area contributed by atoms with Crippen molar-refractivity contribution in [2.45, 2.75) is 39.3 Å². The van der Waals surface area contributed by atoms with E-state index in [1.165, 1.54) is 10.5 Å². The van der Waals surface area contributed by atoms with E-state index in [9.17, 15) is 4.79 Å². The van der Waals surface area contributed by atoms with Crippen LogP contribution in [0, 0.1) is 11.8 Å². The zero-order valence-corrected chi connectivity index (χ0v) is 19.8. The van der Waals surface area contributed by atoms with Crippen LogP contribution in [0.2, 0.25) is 5.02 Å². The van der Waals surface area contributed by atoms with Gasteiger partial charge in [0, 0.05) is 28.4 Å². The summed E-state index contributed by atoms with van der Waals surface area (Å²) in [5, 5.41) is 15.5. The summed E-state index contributed by atoms with van der Waals surface area (Å²) in [6, 6.07) is 8.20. The Kier molecular flexibility index (Phi) is 5.58. The van der Waals surface area contributed by atoms with Gasteiger partial charge in [-0.05, 0) is 60.2 Å². The van der Waals surface area contributed by atoms with Gasteiger partial charge < -0.3 is 0 Å². The minimum absolute atomic E-state index is 0.125. The molecule has 0 aromatic carbocycles. The van der Waals surface area contributed by atoms with Gasteiger partial charge in [0.1, 0.15) is 0 Å². The van der Waals surface area contributed by atoms with Crippen LogP contribution in [-0.4, -0.2) is 26.4 Å². The Morgan fingerprint density at radius 1 is 1.29 bits per heavy atom. The van der Waals surface area contributed by atoms with Crippen LogP contribution < -0.4 is 0 Å². The molecular formula is C23H23ClN4OS2. The number of fused-ring (bicyclic) bond motifs is 1. The summed E-state index contributed by atoms with van der Waals surface area (Å²) in [6.45, 7) is 4.91. The second-order valence-electron chi connectivity index (χ2n) is 8.11. The third-order valence-corrected chi connectivity index (χ3v) is 7.95. The predicted molar refractivity (Wildman–Crippen MR) is 128 cm³/mol. The number of hydrazone groups is 1. The number of carbonyl (C=O) groups is 1. The van der Waals surface area contributed by atoms with E-state index in [1.807, 2.05) is 13.0 Å². The van der Waals surface area contributed by atoms with E-state index in [0.29, 0.717) is 17.5 Å². The van der Waals surface area contributed by atoms with Crippen molar-refractivity contribution in [3.05, 3.63) is 67.3 Å². The van der Waals surface area contributed by atoms with Gasteiger partial charge in [0.2, 0.25) is 0 Å². The van der Waals surface area contributed by atoms with E-state index >= 15 is 0 Å². The molecule has 31 heavy (non-hydrogen) atoms. The zero-order chi connectivity index (χ0) is 21.5. The van der Waals surface area contributed by atoms with Crippen molar-refractivity contribution >= 4 is 52.0 Å². The van der Waals surface area contributed by atoms with Crippen LogP contribution in [0.4, 0.5) is 0 Å². The highest BCUT2D eigenvalue weighted by Crippen LogP contribution is 2.47. The molecule has 0 saturated heterocycles. The van der Waals surface area contributed by atoms with Gasteiger partial charge >= 0.3 is 0 Å². The number of hydrogen-bond acceptors (Lipinski definition) is 5. The molecule has 5 rings (SSSR count). The van der Waals surface area contributed by atoms with Gasteiger partial charge in [-0.2, -0.15) is 10.2 Å². The Bertz CT molecular complexity index is 1150. The van der Waals surface area contributed by atoms with E-state index in [1.54, 1.807) is 38.6 Å². The summed E-state index contributed by atoms with van der Waals surface area (Å²) in [4.78, 5) is 16.0. The molecular weight excluding hydrogens is 448 g/mol. The van der Waals surface area contributed by atoms with Crippen molar-refractivity contribution in [3.8, 4) is 0 Å². The summed E-state index contributed by atoms with van der Waals surface area (Å²) < 4.78 is 1.69. The summed E-state index contributed by atoms with van der Waals surface area (Å²) in [5.74, 6) is 0.459. The average molecular weight is 471 g/mol. The minimum Gasteiger partial charge on any atom is -0.271 e. The maximum atomic E-state index is 13.6. The van der Waals surface area contributed by atoms with Gasteiger partial charge in [0.15, 0.2) is 5.69 Å². The quantitative estimate of drug-likeness (QED) is 0.445. The zero-order valence-electron chi connectivity index (χ0n) is 17.4. The molecule has 0 spiro atoms.